The van der Waals surface area contributed by atoms with Gasteiger partial charge in [0, 0.05) is 47.0 Å². The lowest BCUT2D eigenvalue weighted by atomic mass is 9.99. The van der Waals surface area contributed by atoms with Crippen LogP contribution in [0.3, 0.4) is 0 Å². The number of hydrogen-bond acceptors (Lipinski definition) is 6. The summed E-state index contributed by atoms with van der Waals surface area (Å²) in [7, 11) is 0. The molecular weight excluding hydrogens is 592 g/mol. The van der Waals surface area contributed by atoms with Gasteiger partial charge in [0.25, 0.3) is 0 Å². The van der Waals surface area contributed by atoms with Crippen molar-refractivity contribution in [3.63, 3.8) is 0 Å². The smallest absolute Gasteiger partial charge is 0.163 e. The van der Waals surface area contributed by atoms with Crippen molar-refractivity contribution in [1.82, 2.24) is 0 Å². The van der Waals surface area contributed by atoms with Gasteiger partial charge in [-0.1, -0.05) is 82.9 Å². The molecule has 0 saturated heterocycles. The Morgan fingerprint density at radius 3 is 1.10 bits per heavy atom. The molecule has 0 amide bonds. The van der Waals surface area contributed by atoms with Crippen LogP contribution in [0.4, 0.5) is 22.7 Å². The second-order valence-electron chi connectivity index (χ2n) is 12.9. The van der Waals surface area contributed by atoms with Crippen molar-refractivity contribution in [2.75, 3.05) is 34.5 Å². The Bertz CT molecular complexity index is 1650. The van der Waals surface area contributed by atoms with Crippen molar-refractivity contribution in [2.24, 2.45) is 0 Å². The second-order valence-corrected chi connectivity index (χ2v) is 12.9. The van der Waals surface area contributed by atoms with E-state index in [9.17, 15) is 0 Å². The molecule has 4 aromatic carbocycles. The molecule has 0 saturated carbocycles. The molecule has 2 unspecified atom stereocenters. The van der Waals surface area contributed by atoms with E-state index < -0.39 is 11.4 Å². The number of ether oxygens (including phenoxy) is 2. The quantitative estimate of drug-likeness (QED) is 0.0864. The van der Waals surface area contributed by atoms with Crippen LogP contribution in [-0.4, -0.2) is 24.7 Å². The summed E-state index contributed by atoms with van der Waals surface area (Å²) in [5.41, 5.74) is 9.55. The van der Waals surface area contributed by atoms with Crippen molar-refractivity contribution in [2.45, 2.75) is 52.0 Å². The fraction of sp³-hybridized carbons (Fsp3) is 0.238. The van der Waals surface area contributed by atoms with E-state index in [1.54, 1.807) is 0 Å². The van der Waals surface area contributed by atoms with Gasteiger partial charge in [-0.3, -0.25) is 0 Å². The summed E-state index contributed by atoms with van der Waals surface area (Å²) in [6.45, 7) is 9.13. The third-order valence-corrected chi connectivity index (χ3v) is 8.56. The highest BCUT2D eigenvalue weighted by Crippen LogP contribution is 2.32. The van der Waals surface area contributed by atoms with Crippen LogP contribution in [0.2, 0.25) is 0 Å². The molecule has 6 rings (SSSR count). The predicted molar refractivity (Wildman–Crippen MR) is 200 cm³/mol. The number of nitrogens with one attached hydrogen (secondary N) is 4. The lowest BCUT2D eigenvalue weighted by molar-refractivity contribution is -0.0582. The topological polar surface area (TPSA) is 66.6 Å². The highest BCUT2D eigenvalue weighted by Gasteiger charge is 2.34. The largest absolute Gasteiger partial charge is 0.359 e. The van der Waals surface area contributed by atoms with Crippen LogP contribution >= 0.6 is 0 Å². The maximum Gasteiger partial charge on any atom is 0.163 e. The van der Waals surface area contributed by atoms with Crippen LogP contribution < -0.4 is 21.3 Å². The van der Waals surface area contributed by atoms with Gasteiger partial charge in [-0.25, -0.2) is 0 Å². The summed E-state index contributed by atoms with van der Waals surface area (Å²) in [5, 5.41) is 14.5. The molecule has 0 aliphatic heterocycles. The van der Waals surface area contributed by atoms with Gasteiger partial charge >= 0.3 is 0 Å². The number of aryl methyl sites for hydroxylation is 4. The Labute approximate surface area is 285 Å². The van der Waals surface area contributed by atoms with Gasteiger partial charge in [0.1, 0.15) is 0 Å². The van der Waals surface area contributed by atoms with Crippen LogP contribution in [0, 0.1) is 27.7 Å². The van der Waals surface area contributed by atoms with Crippen LogP contribution in [0.25, 0.3) is 0 Å². The molecule has 48 heavy (non-hydrogen) atoms. The molecule has 4 N–H and O–H groups in total. The molecule has 6 heteroatoms. The first-order valence-electron chi connectivity index (χ1n) is 16.7. The number of anilines is 4. The van der Waals surface area contributed by atoms with Crippen LogP contribution in [0.1, 0.15) is 35.1 Å². The molecule has 0 bridgehead atoms. The predicted octanol–water partition coefficient (Wildman–Crippen LogP) is 9.78. The van der Waals surface area contributed by atoms with E-state index in [1.165, 1.54) is 22.3 Å². The first kappa shape index (κ1) is 32.9. The molecule has 246 valence electrons. The number of allylic oxidation sites excluding steroid dienone is 4. The molecule has 0 spiro atoms. The van der Waals surface area contributed by atoms with Crippen molar-refractivity contribution < 1.29 is 9.47 Å². The van der Waals surface area contributed by atoms with Crippen LogP contribution in [-0.2, 0) is 9.47 Å². The van der Waals surface area contributed by atoms with Gasteiger partial charge in [0.15, 0.2) is 11.4 Å². The summed E-state index contributed by atoms with van der Waals surface area (Å²) in [5.74, 6) is 0. The normalized spacial score (nSPS) is 20.1. The SMILES string of the molecule is Cc1ccc(NC2=CC=CC(Nc3ccc(C)cc3)(OCCOC3(Nc4ccc(C)cc4)C=CC=C(Nc4ccc(C)cc4)C3)C2)cc1. The Kier molecular flexibility index (Phi) is 10.1. The summed E-state index contributed by atoms with van der Waals surface area (Å²) in [6, 6.07) is 33.7. The lowest BCUT2D eigenvalue weighted by Gasteiger charge is -2.38. The van der Waals surface area contributed by atoms with Crippen molar-refractivity contribution in [3.8, 4) is 0 Å². The summed E-state index contributed by atoms with van der Waals surface area (Å²) in [6.07, 6.45) is 13.8. The molecular formula is C42H46N4O2. The summed E-state index contributed by atoms with van der Waals surface area (Å²) < 4.78 is 13.5. The van der Waals surface area contributed by atoms with E-state index in [1.807, 2.05) is 0 Å². The van der Waals surface area contributed by atoms with Crippen LogP contribution in [0.15, 0.2) is 145 Å². The number of benzene rings is 4. The lowest BCUT2D eigenvalue weighted by Crippen LogP contribution is -2.45. The first-order chi connectivity index (χ1) is 23.3. The zero-order valence-corrected chi connectivity index (χ0v) is 28.3. The maximum absolute atomic E-state index is 6.74. The maximum atomic E-state index is 6.74. The summed E-state index contributed by atoms with van der Waals surface area (Å²) >= 11 is 0. The molecule has 0 heterocycles. The monoisotopic (exact) mass is 638 g/mol. The van der Waals surface area contributed by atoms with E-state index in [0.29, 0.717) is 26.1 Å². The molecule has 0 aromatic heterocycles. The molecule has 2 aliphatic rings. The van der Waals surface area contributed by atoms with Crippen molar-refractivity contribution in [3.05, 3.63) is 167 Å². The van der Waals surface area contributed by atoms with E-state index in [2.05, 4.69) is 182 Å². The molecule has 0 fully saturated rings. The third kappa shape index (κ3) is 8.85. The van der Waals surface area contributed by atoms with E-state index in [4.69, 9.17) is 9.47 Å². The van der Waals surface area contributed by atoms with E-state index in [-0.39, 0.29) is 0 Å². The fourth-order valence-electron chi connectivity index (χ4n) is 5.91. The molecule has 0 radical (unpaired) electrons. The zero-order chi connectivity index (χ0) is 33.4. The van der Waals surface area contributed by atoms with Gasteiger partial charge in [-0.15, -0.1) is 0 Å². The van der Waals surface area contributed by atoms with E-state index in [0.717, 1.165) is 34.1 Å². The first-order valence-corrected chi connectivity index (χ1v) is 16.7. The highest BCUT2D eigenvalue weighted by molar-refractivity contribution is 5.55. The summed E-state index contributed by atoms with van der Waals surface area (Å²) in [4.78, 5) is 0. The van der Waals surface area contributed by atoms with E-state index >= 15 is 0 Å². The van der Waals surface area contributed by atoms with Crippen molar-refractivity contribution >= 4 is 22.7 Å². The van der Waals surface area contributed by atoms with Crippen molar-refractivity contribution in [1.29, 1.82) is 0 Å². The number of hydrogen-bond donors (Lipinski definition) is 4. The molecule has 2 aliphatic carbocycles. The molecule has 6 nitrogen and oxygen atoms in total. The molecule has 2 atom stereocenters. The van der Waals surface area contributed by atoms with Gasteiger partial charge in [-0.2, -0.15) is 0 Å². The minimum Gasteiger partial charge on any atom is -0.359 e. The van der Waals surface area contributed by atoms with Gasteiger partial charge in [0.2, 0.25) is 0 Å². The number of rotatable bonds is 13. The average Bonchev–Trinajstić information content (AvgIpc) is 3.08. The Morgan fingerprint density at radius 2 is 0.771 bits per heavy atom. The molecule has 4 aromatic rings. The highest BCUT2D eigenvalue weighted by atomic mass is 16.6. The Morgan fingerprint density at radius 1 is 0.458 bits per heavy atom. The fourth-order valence-corrected chi connectivity index (χ4v) is 5.91. The van der Waals surface area contributed by atoms with Crippen LogP contribution in [0.5, 0.6) is 0 Å². The van der Waals surface area contributed by atoms with Gasteiger partial charge in [-0.05, 0) is 101 Å². The zero-order valence-electron chi connectivity index (χ0n) is 28.3. The Balaban J connectivity index is 1.17. The Hall–Kier alpha value is -5.04. The standard InChI is InChI=1S/C42H46N4O2/c1-31-9-17-35(18-10-31)43-39-7-5-25-41(29-39,45-37-21-13-33(3)14-22-37)47-27-28-48-42(46-38-23-15-34(4)16-24-38)26-6-8-40(30-42)44-36-19-11-32(2)12-20-36/h5-26,43-46H,27-30H2,1-4H3. The minimum absolute atomic E-state index is 0.372. The third-order valence-electron chi connectivity index (χ3n) is 8.56. The van der Waals surface area contributed by atoms with Gasteiger partial charge < -0.3 is 30.7 Å². The average molecular weight is 639 g/mol. The minimum atomic E-state index is -0.765. The van der Waals surface area contributed by atoms with Gasteiger partial charge in [0.05, 0.1) is 13.2 Å². The second kappa shape index (κ2) is 14.8.